The Labute approximate surface area is 183 Å². The van der Waals surface area contributed by atoms with E-state index in [0.717, 1.165) is 37.1 Å². The fraction of sp³-hybridized carbons (Fsp3) is 0.476. The average Bonchev–Trinajstić information content (AvgIpc) is 2.74. The van der Waals surface area contributed by atoms with Crippen LogP contribution in [0.2, 0.25) is 0 Å². The number of rotatable bonds is 7. The van der Waals surface area contributed by atoms with Crippen molar-refractivity contribution in [1.82, 2.24) is 15.3 Å². The van der Waals surface area contributed by atoms with Crippen molar-refractivity contribution in [3.05, 3.63) is 36.3 Å². The van der Waals surface area contributed by atoms with Crippen molar-refractivity contribution in [1.29, 1.82) is 0 Å². The van der Waals surface area contributed by atoms with Crippen LogP contribution in [0.25, 0.3) is 0 Å². The predicted molar refractivity (Wildman–Crippen MR) is 110 cm³/mol. The lowest BCUT2D eigenvalue weighted by Gasteiger charge is -2.29. The highest BCUT2D eigenvalue weighted by atomic mass is 19.4. The van der Waals surface area contributed by atoms with E-state index in [1.807, 2.05) is 13.0 Å². The molecule has 0 atom stereocenters. The summed E-state index contributed by atoms with van der Waals surface area (Å²) in [6, 6.07) is 4.64. The number of alkyl halides is 3. The second-order valence-electron chi connectivity index (χ2n) is 7.30. The monoisotopic (exact) mass is 454 g/mol. The molecule has 1 fully saturated rings. The highest BCUT2D eigenvalue weighted by molar-refractivity contribution is 5.91. The van der Waals surface area contributed by atoms with Crippen LogP contribution in [0.3, 0.4) is 0 Å². The van der Waals surface area contributed by atoms with Crippen molar-refractivity contribution in [3.8, 4) is 17.4 Å². The summed E-state index contributed by atoms with van der Waals surface area (Å²) >= 11 is 0. The van der Waals surface area contributed by atoms with Gasteiger partial charge in [0, 0.05) is 23.9 Å². The van der Waals surface area contributed by atoms with Crippen LogP contribution in [0.5, 0.6) is 17.4 Å². The predicted octanol–water partition coefficient (Wildman–Crippen LogP) is 4.46. The first-order valence-electron chi connectivity index (χ1n) is 10.2. The van der Waals surface area contributed by atoms with E-state index in [4.69, 9.17) is 9.47 Å². The maximum Gasteiger partial charge on any atom is 0.573 e. The third kappa shape index (κ3) is 6.89. The number of urea groups is 1. The molecule has 1 saturated carbocycles. The molecule has 11 heteroatoms. The van der Waals surface area contributed by atoms with E-state index < -0.39 is 18.1 Å². The van der Waals surface area contributed by atoms with Gasteiger partial charge in [0.15, 0.2) is 0 Å². The molecule has 1 aromatic heterocycles. The van der Waals surface area contributed by atoms with Crippen LogP contribution in [0.1, 0.15) is 38.3 Å². The third-order valence-corrected chi connectivity index (χ3v) is 5.01. The van der Waals surface area contributed by atoms with Crippen molar-refractivity contribution in [2.24, 2.45) is 0 Å². The Morgan fingerprint density at radius 2 is 1.91 bits per heavy atom. The molecule has 2 aromatic rings. The zero-order valence-electron chi connectivity index (χ0n) is 17.7. The van der Waals surface area contributed by atoms with Crippen molar-refractivity contribution in [2.45, 2.75) is 57.5 Å². The summed E-state index contributed by atoms with van der Waals surface area (Å²) in [7, 11) is 1.35. The number of amides is 2. The zero-order chi connectivity index (χ0) is 23.1. The lowest BCUT2D eigenvalue weighted by atomic mass is 9.93. The number of halogens is 3. The molecule has 8 nitrogen and oxygen atoms in total. The molecule has 0 unspecified atom stereocenters. The minimum atomic E-state index is -4.83. The first kappa shape index (κ1) is 23.4. The molecule has 2 N–H and O–H groups in total. The molecule has 0 radical (unpaired) electrons. The second-order valence-corrected chi connectivity index (χ2v) is 7.30. The van der Waals surface area contributed by atoms with Crippen LogP contribution in [0.4, 0.5) is 23.7 Å². The largest absolute Gasteiger partial charge is 0.573 e. The van der Waals surface area contributed by atoms with Gasteiger partial charge in [-0.15, -0.1) is 13.2 Å². The van der Waals surface area contributed by atoms with Crippen LogP contribution in [-0.4, -0.2) is 41.6 Å². The Morgan fingerprint density at radius 3 is 2.56 bits per heavy atom. The number of benzene rings is 1. The van der Waals surface area contributed by atoms with Gasteiger partial charge in [-0.3, -0.25) is 0 Å². The van der Waals surface area contributed by atoms with Crippen LogP contribution >= 0.6 is 0 Å². The van der Waals surface area contributed by atoms with E-state index >= 15 is 0 Å². The first-order chi connectivity index (χ1) is 15.3. The number of carbonyl (C=O) groups excluding carboxylic acids is 1. The fourth-order valence-electron chi connectivity index (χ4n) is 3.46. The number of aryl methyl sites for hydroxylation is 1. The van der Waals surface area contributed by atoms with Gasteiger partial charge in [-0.1, -0.05) is 6.92 Å². The molecule has 174 valence electrons. The Balaban J connectivity index is 1.51. The average molecular weight is 454 g/mol. The highest BCUT2D eigenvalue weighted by Crippen LogP contribution is 2.32. The Bertz CT molecular complexity index is 918. The molecule has 0 saturated heterocycles. The van der Waals surface area contributed by atoms with E-state index in [2.05, 4.69) is 25.3 Å². The Morgan fingerprint density at radius 1 is 1.16 bits per heavy atom. The maximum absolute atomic E-state index is 12.5. The molecule has 1 aromatic carbocycles. The van der Waals surface area contributed by atoms with Crippen LogP contribution in [0.15, 0.2) is 30.6 Å². The quantitative estimate of drug-likeness (QED) is 0.642. The van der Waals surface area contributed by atoms with E-state index in [9.17, 15) is 18.0 Å². The highest BCUT2D eigenvalue weighted by Gasteiger charge is 2.31. The van der Waals surface area contributed by atoms with Gasteiger partial charge in [-0.05, 0) is 44.2 Å². The normalized spacial score (nSPS) is 18.5. The number of hydrogen-bond acceptors (Lipinski definition) is 6. The van der Waals surface area contributed by atoms with Crippen molar-refractivity contribution >= 4 is 11.7 Å². The molecule has 2 amide bonds. The summed E-state index contributed by atoms with van der Waals surface area (Å²) in [6.45, 7) is 2.00. The van der Waals surface area contributed by atoms with Gasteiger partial charge in [0.25, 0.3) is 0 Å². The first-order valence-corrected chi connectivity index (χ1v) is 10.2. The summed E-state index contributed by atoms with van der Waals surface area (Å²) in [5.41, 5.74) is 0.974. The number of hydrogen-bond donors (Lipinski definition) is 2. The van der Waals surface area contributed by atoms with E-state index in [1.54, 1.807) is 0 Å². The summed E-state index contributed by atoms with van der Waals surface area (Å²) in [5.74, 6) is 0.296. The summed E-state index contributed by atoms with van der Waals surface area (Å²) < 4.78 is 52.3. The van der Waals surface area contributed by atoms with Crippen LogP contribution in [0, 0.1) is 0 Å². The fourth-order valence-corrected chi connectivity index (χ4v) is 3.46. The van der Waals surface area contributed by atoms with Gasteiger partial charge in [0.1, 0.15) is 23.9 Å². The van der Waals surface area contributed by atoms with Crippen molar-refractivity contribution in [3.63, 3.8) is 0 Å². The van der Waals surface area contributed by atoms with Crippen LogP contribution < -0.4 is 24.8 Å². The van der Waals surface area contributed by atoms with E-state index in [1.165, 1.54) is 19.5 Å². The number of carbonyl (C=O) groups is 1. The summed E-state index contributed by atoms with van der Waals surface area (Å²) in [6.07, 6.45) is 0.278. The second kappa shape index (κ2) is 10.4. The van der Waals surface area contributed by atoms with Gasteiger partial charge in [-0.25, -0.2) is 14.8 Å². The minimum absolute atomic E-state index is 0.00740. The molecular weight excluding hydrogens is 429 g/mol. The Kier molecular flexibility index (Phi) is 7.60. The van der Waals surface area contributed by atoms with E-state index in [0.29, 0.717) is 18.7 Å². The molecule has 1 aliphatic rings. The molecule has 0 spiro atoms. The number of methoxy groups -OCH3 is 1. The molecular formula is C21H25F3N4O4. The van der Waals surface area contributed by atoms with Gasteiger partial charge in [-0.2, -0.15) is 0 Å². The number of nitrogens with one attached hydrogen (secondary N) is 2. The van der Waals surface area contributed by atoms with Gasteiger partial charge in [0.05, 0.1) is 12.8 Å². The smallest absolute Gasteiger partial charge is 0.495 e. The summed E-state index contributed by atoms with van der Waals surface area (Å²) in [5, 5.41) is 5.37. The number of anilines is 1. The van der Waals surface area contributed by atoms with Crippen molar-refractivity contribution in [2.75, 3.05) is 12.4 Å². The van der Waals surface area contributed by atoms with Gasteiger partial charge in [0.2, 0.25) is 5.88 Å². The molecule has 1 aliphatic carbocycles. The number of ether oxygens (including phenoxy) is 3. The SMILES string of the molecule is CCc1cc(OC2CCC(NC(=O)Nc3cc(OC(F)(F)F)ccc3OC)CC2)ncn1. The molecule has 0 bridgehead atoms. The third-order valence-electron chi connectivity index (χ3n) is 5.01. The molecule has 32 heavy (non-hydrogen) atoms. The van der Waals surface area contributed by atoms with Gasteiger partial charge >= 0.3 is 12.4 Å². The van der Waals surface area contributed by atoms with Crippen LogP contribution in [-0.2, 0) is 6.42 Å². The number of aromatic nitrogens is 2. The summed E-state index contributed by atoms with van der Waals surface area (Å²) in [4.78, 5) is 20.7. The lowest BCUT2D eigenvalue weighted by Crippen LogP contribution is -2.41. The Hall–Kier alpha value is -3.24. The maximum atomic E-state index is 12.5. The number of nitrogens with zero attached hydrogens (tertiary/aromatic N) is 2. The zero-order valence-corrected chi connectivity index (χ0v) is 17.7. The molecule has 0 aliphatic heterocycles. The lowest BCUT2D eigenvalue weighted by molar-refractivity contribution is -0.274. The van der Waals surface area contributed by atoms with Crippen molar-refractivity contribution < 1.29 is 32.2 Å². The topological polar surface area (TPSA) is 94.6 Å². The molecule has 1 heterocycles. The minimum Gasteiger partial charge on any atom is -0.495 e. The van der Waals surface area contributed by atoms with Gasteiger partial charge < -0.3 is 24.8 Å². The van der Waals surface area contributed by atoms with E-state index in [-0.39, 0.29) is 23.6 Å². The molecule has 3 rings (SSSR count). The standard InChI is InChI=1S/C21H25F3N4O4/c1-3-13-10-19(26-12-25-13)31-15-6-4-14(5-7-15)27-20(29)28-17-11-16(32-21(22,23)24)8-9-18(17)30-2/h8-12,14-15H,3-7H2,1-2H3,(H2,27,28,29).